The van der Waals surface area contributed by atoms with Crippen molar-refractivity contribution in [1.29, 1.82) is 0 Å². The zero-order valence-corrected chi connectivity index (χ0v) is 13.0. The van der Waals surface area contributed by atoms with E-state index in [0.717, 1.165) is 0 Å². The Bertz CT molecular complexity index is 1080. The monoisotopic (exact) mass is 336 g/mol. The van der Waals surface area contributed by atoms with Crippen LogP contribution in [-0.4, -0.2) is 11.6 Å². The number of fused-ring (bicyclic) bond motifs is 2. The number of Topliss-reactive ketones (excluding diaryl/α,β-unsaturated/α-hetero) is 2. The largest absolute Gasteiger partial charge is 0.463 e. The molecule has 24 heavy (non-hydrogen) atoms. The molecular formula is C19H9ClO4. The highest BCUT2D eigenvalue weighted by Gasteiger charge is 2.32. The summed E-state index contributed by atoms with van der Waals surface area (Å²) >= 11 is 5.92. The van der Waals surface area contributed by atoms with Crippen LogP contribution in [0.4, 0.5) is 0 Å². The molecule has 2 aromatic carbocycles. The Morgan fingerprint density at radius 3 is 2.25 bits per heavy atom. The van der Waals surface area contributed by atoms with Gasteiger partial charge in [0.1, 0.15) is 11.8 Å². The first-order valence-electron chi connectivity index (χ1n) is 7.17. The summed E-state index contributed by atoms with van der Waals surface area (Å²) in [5.74, 6) is -0.776. The molecular weight excluding hydrogens is 328 g/mol. The van der Waals surface area contributed by atoms with E-state index in [1.807, 2.05) is 0 Å². The number of ketones is 2. The number of rotatable bonds is 1. The van der Waals surface area contributed by atoms with Crippen molar-refractivity contribution in [2.45, 2.75) is 0 Å². The van der Waals surface area contributed by atoms with Crippen LogP contribution in [0.25, 0.3) is 17.0 Å². The third-order valence-electron chi connectivity index (χ3n) is 3.97. The van der Waals surface area contributed by atoms with Crippen LogP contribution in [-0.2, 0) is 0 Å². The maximum absolute atomic E-state index is 12.6. The van der Waals surface area contributed by atoms with E-state index < -0.39 is 0 Å². The van der Waals surface area contributed by atoms with Crippen LogP contribution >= 0.6 is 11.6 Å². The molecule has 1 aliphatic rings. The molecule has 116 valence electrons. The molecule has 0 amide bonds. The quantitative estimate of drug-likeness (QED) is 0.499. The van der Waals surface area contributed by atoms with Gasteiger partial charge >= 0.3 is 0 Å². The maximum Gasteiger partial charge on any atom is 0.199 e. The molecule has 4 rings (SSSR count). The summed E-state index contributed by atoms with van der Waals surface area (Å²) in [5, 5.41) is 0.701. The van der Waals surface area contributed by atoms with Crippen molar-refractivity contribution in [3.05, 3.63) is 86.2 Å². The van der Waals surface area contributed by atoms with Crippen molar-refractivity contribution in [3.63, 3.8) is 0 Å². The van der Waals surface area contributed by atoms with Gasteiger partial charge in [0.05, 0.1) is 16.5 Å². The summed E-state index contributed by atoms with van der Waals surface area (Å²) in [6.45, 7) is 0. The van der Waals surface area contributed by atoms with Crippen molar-refractivity contribution in [1.82, 2.24) is 0 Å². The van der Waals surface area contributed by atoms with E-state index in [9.17, 15) is 14.4 Å². The van der Waals surface area contributed by atoms with Crippen molar-refractivity contribution in [2.24, 2.45) is 0 Å². The van der Waals surface area contributed by atoms with Crippen LogP contribution in [0.2, 0.25) is 5.02 Å². The molecule has 0 unspecified atom stereocenters. The number of carbonyl (C=O) groups is 2. The molecule has 0 saturated carbocycles. The minimum Gasteiger partial charge on any atom is -0.463 e. The van der Waals surface area contributed by atoms with Gasteiger partial charge in [-0.2, -0.15) is 0 Å². The first-order valence-corrected chi connectivity index (χ1v) is 7.55. The van der Waals surface area contributed by atoms with E-state index in [1.54, 1.807) is 36.4 Å². The lowest BCUT2D eigenvalue weighted by atomic mass is 10.1. The Labute approximate surface area is 141 Å². The Balaban J connectivity index is 1.90. The minimum absolute atomic E-state index is 0.0371. The molecule has 5 heteroatoms. The maximum atomic E-state index is 12.6. The highest BCUT2D eigenvalue weighted by molar-refractivity contribution is 6.41. The first-order chi connectivity index (χ1) is 11.6. The first kappa shape index (κ1) is 14.6. The number of allylic oxidation sites excluding steroid dienone is 1. The second kappa shape index (κ2) is 5.28. The van der Waals surface area contributed by atoms with Crippen LogP contribution in [0.3, 0.4) is 0 Å². The van der Waals surface area contributed by atoms with E-state index in [4.69, 9.17) is 16.0 Å². The number of hydrogen-bond donors (Lipinski definition) is 0. The van der Waals surface area contributed by atoms with Gasteiger partial charge in [0.2, 0.25) is 0 Å². The van der Waals surface area contributed by atoms with E-state index in [1.165, 1.54) is 18.4 Å². The van der Waals surface area contributed by atoms with E-state index >= 15 is 0 Å². The van der Waals surface area contributed by atoms with Gasteiger partial charge in [-0.1, -0.05) is 35.9 Å². The van der Waals surface area contributed by atoms with Crippen LogP contribution in [0, 0.1) is 0 Å². The lowest BCUT2D eigenvalue weighted by molar-refractivity contribution is 0.0990. The molecule has 4 nitrogen and oxygen atoms in total. The summed E-state index contributed by atoms with van der Waals surface area (Å²) < 4.78 is 5.41. The van der Waals surface area contributed by atoms with E-state index in [0.29, 0.717) is 27.1 Å². The van der Waals surface area contributed by atoms with Gasteiger partial charge in [-0.15, -0.1) is 0 Å². The summed E-state index contributed by atoms with van der Waals surface area (Å²) in [5.41, 5.74) is 0.838. The fraction of sp³-hybridized carbons (Fsp3) is 0. The van der Waals surface area contributed by atoms with Crippen LogP contribution in [0.15, 0.2) is 63.5 Å². The number of hydrogen-bond acceptors (Lipinski definition) is 4. The van der Waals surface area contributed by atoms with Gasteiger partial charge in [0, 0.05) is 16.1 Å². The van der Waals surface area contributed by atoms with Crippen molar-refractivity contribution >= 4 is 40.2 Å². The fourth-order valence-electron chi connectivity index (χ4n) is 2.78. The Hall–Kier alpha value is -2.98. The lowest BCUT2D eigenvalue weighted by Crippen LogP contribution is -2.08. The molecule has 0 bridgehead atoms. The van der Waals surface area contributed by atoms with Gasteiger partial charge in [0.25, 0.3) is 0 Å². The Kier molecular flexibility index (Phi) is 3.22. The summed E-state index contributed by atoms with van der Waals surface area (Å²) in [6.07, 6.45) is 2.53. The standard InChI is InChI=1S/C19H9ClO4/c20-11-5-6-16-14(8-11)17(21)10(9-24-16)7-15-18(22)12-3-1-2-4-13(12)19(15)23/h1-9H. The number of halogens is 1. The normalized spacial score (nSPS) is 13.5. The lowest BCUT2D eigenvalue weighted by Gasteiger charge is -2.00. The van der Waals surface area contributed by atoms with E-state index in [-0.39, 0.29) is 28.1 Å². The van der Waals surface area contributed by atoms with Gasteiger partial charge in [-0.05, 0) is 24.3 Å². The molecule has 3 aromatic rings. The third-order valence-corrected chi connectivity index (χ3v) is 4.20. The average molecular weight is 337 g/mol. The molecule has 0 fully saturated rings. The highest BCUT2D eigenvalue weighted by atomic mass is 35.5. The molecule has 0 aliphatic heterocycles. The molecule has 0 spiro atoms. The predicted molar refractivity (Wildman–Crippen MR) is 90.6 cm³/mol. The van der Waals surface area contributed by atoms with Crippen LogP contribution < -0.4 is 5.43 Å². The summed E-state index contributed by atoms with van der Waals surface area (Å²) in [6, 6.07) is 11.3. The second-order valence-corrected chi connectivity index (χ2v) is 5.86. The van der Waals surface area contributed by atoms with Gasteiger partial charge in [-0.25, -0.2) is 0 Å². The predicted octanol–water partition coefficient (Wildman–Crippen LogP) is 3.91. The Morgan fingerprint density at radius 1 is 0.917 bits per heavy atom. The van der Waals surface area contributed by atoms with Gasteiger partial charge in [0.15, 0.2) is 17.0 Å². The molecule has 1 aromatic heterocycles. The molecule has 1 heterocycles. The van der Waals surface area contributed by atoms with Crippen molar-refractivity contribution in [3.8, 4) is 0 Å². The van der Waals surface area contributed by atoms with Gasteiger partial charge in [-0.3, -0.25) is 14.4 Å². The van der Waals surface area contributed by atoms with Crippen LogP contribution in [0.1, 0.15) is 26.3 Å². The topological polar surface area (TPSA) is 64.3 Å². The number of carbonyl (C=O) groups excluding carboxylic acids is 2. The second-order valence-electron chi connectivity index (χ2n) is 5.42. The smallest absolute Gasteiger partial charge is 0.199 e. The molecule has 1 aliphatic carbocycles. The molecule has 0 N–H and O–H groups in total. The molecule has 0 saturated heterocycles. The fourth-order valence-corrected chi connectivity index (χ4v) is 2.95. The Morgan fingerprint density at radius 2 is 1.58 bits per heavy atom. The van der Waals surface area contributed by atoms with Crippen molar-refractivity contribution < 1.29 is 14.0 Å². The number of benzene rings is 2. The zero-order chi connectivity index (χ0) is 16.8. The zero-order valence-electron chi connectivity index (χ0n) is 12.2. The third kappa shape index (κ3) is 2.12. The molecule has 0 radical (unpaired) electrons. The summed E-state index contributed by atoms with van der Waals surface area (Å²) in [7, 11) is 0. The van der Waals surface area contributed by atoms with Gasteiger partial charge < -0.3 is 4.42 Å². The minimum atomic E-state index is -0.388. The SMILES string of the molecule is O=C1C(=Cc2coc3ccc(Cl)cc3c2=O)C(=O)c2ccccc21. The average Bonchev–Trinajstić information content (AvgIpc) is 2.83. The van der Waals surface area contributed by atoms with Crippen LogP contribution in [0.5, 0.6) is 0 Å². The van der Waals surface area contributed by atoms with E-state index in [2.05, 4.69) is 0 Å². The highest BCUT2D eigenvalue weighted by Crippen LogP contribution is 2.27. The van der Waals surface area contributed by atoms with Crippen molar-refractivity contribution in [2.75, 3.05) is 0 Å². The summed E-state index contributed by atoms with van der Waals surface area (Å²) in [4.78, 5) is 37.4. The molecule has 0 atom stereocenters.